The van der Waals surface area contributed by atoms with Gasteiger partial charge in [-0.05, 0) is 49.4 Å². The molecule has 2 aliphatic heterocycles. The average molecular weight is 242 g/mol. The largest absolute Gasteiger partial charge is 0.330 e. The van der Waals surface area contributed by atoms with E-state index in [2.05, 4.69) is 30.5 Å². The van der Waals surface area contributed by atoms with Crippen LogP contribution in [0.1, 0.15) is 33.1 Å². The van der Waals surface area contributed by atoms with Gasteiger partial charge in [-0.3, -0.25) is 4.90 Å². The van der Waals surface area contributed by atoms with Gasteiger partial charge < -0.3 is 5.73 Å². The van der Waals surface area contributed by atoms with Crippen LogP contribution in [0.15, 0.2) is 0 Å². The molecule has 0 spiro atoms. The quantitative estimate of drug-likeness (QED) is 0.805. The van der Waals surface area contributed by atoms with Gasteiger partial charge in [0.15, 0.2) is 0 Å². The molecule has 0 amide bonds. The summed E-state index contributed by atoms with van der Waals surface area (Å²) < 4.78 is 0. The summed E-state index contributed by atoms with van der Waals surface area (Å²) in [6.07, 6.45) is 4.05. The van der Waals surface area contributed by atoms with Crippen molar-refractivity contribution in [2.75, 3.05) is 31.1 Å². The van der Waals surface area contributed by atoms with E-state index in [1.807, 2.05) is 0 Å². The standard InChI is InChI=1S/C13H26N2S/c1-13(2)5-7-16-10-12(13)15-6-3-4-11(8-14)9-15/h11-12H,3-10,14H2,1-2H3. The Kier molecular flexibility index (Phi) is 4.20. The molecule has 3 heteroatoms. The Morgan fingerprint density at radius 1 is 1.44 bits per heavy atom. The summed E-state index contributed by atoms with van der Waals surface area (Å²) in [7, 11) is 0. The lowest BCUT2D eigenvalue weighted by Crippen LogP contribution is -2.53. The third kappa shape index (κ3) is 2.74. The highest BCUT2D eigenvalue weighted by molar-refractivity contribution is 7.99. The maximum Gasteiger partial charge on any atom is 0.0237 e. The van der Waals surface area contributed by atoms with Crippen LogP contribution in [0.25, 0.3) is 0 Å². The summed E-state index contributed by atoms with van der Waals surface area (Å²) in [5.74, 6) is 3.42. The summed E-state index contributed by atoms with van der Waals surface area (Å²) in [5, 5.41) is 0. The van der Waals surface area contributed by atoms with Crippen LogP contribution in [-0.4, -0.2) is 42.1 Å². The predicted octanol–water partition coefficient (Wildman–Crippen LogP) is 2.19. The Bertz CT molecular complexity index is 230. The molecule has 0 aromatic heterocycles. The first-order valence-corrected chi connectivity index (χ1v) is 7.81. The molecule has 0 bridgehead atoms. The zero-order chi connectivity index (χ0) is 11.6. The van der Waals surface area contributed by atoms with Gasteiger partial charge in [-0.25, -0.2) is 0 Å². The lowest BCUT2D eigenvalue weighted by atomic mass is 9.80. The van der Waals surface area contributed by atoms with Crippen molar-refractivity contribution in [3.63, 3.8) is 0 Å². The molecule has 0 radical (unpaired) electrons. The molecule has 2 saturated heterocycles. The van der Waals surface area contributed by atoms with Gasteiger partial charge >= 0.3 is 0 Å². The van der Waals surface area contributed by atoms with Gasteiger partial charge in [-0.15, -0.1) is 0 Å². The van der Waals surface area contributed by atoms with Crippen LogP contribution in [0.2, 0.25) is 0 Å². The molecule has 2 fully saturated rings. The molecule has 0 aliphatic carbocycles. The molecule has 0 aromatic rings. The van der Waals surface area contributed by atoms with E-state index in [0.29, 0.717) is 5.41 Å². The number of hydrogen-bond donors (Lipinski definition) is 1. The van der Waals surface area contributed by atoms with Gasteiger partial charge in [0.05, 0.1) is 0 Å². The first-order valence-electron chi connectivity index (χ1n) is 6.65. The minimum Gasteiger partial charge on any atom is -0.330 e. The second kappa shape index (κ2) is 5.28. The van der Waals surface area contributed by atoms with E-state index in [1.165, 1.54) is 43.9 Å². The highest BCUT2D eigenvalue weighted by Gasteiger charge is 2.37. The number of nitrogens with two attached hydrogens (primary N) is 1. The molecule has 2 nitrogen and oxygen atoms in total. The Balaban J connectivity index is 1.99. The summed E-state index contributed by atoms with van der Waals surface area (Å²) in [6.45, 7) is 8.31. The topological polar surface area (TPSA) is 29.3 Å². The SMILES string of the molecule is CC1(C)CCSCC1N1CCCC(CN)C1. The zero-order valence-electron chi connectivity index (χ0n) is 10.7. The average Bonchev–Trinajstić information content (AvgIpc) is 2.28. The Labute approximate surface area is 104 Å². The van der Waals surface area contributed by atoms with Gasteiger partial charge in [0.1, 0.15) is 0 Å². The Morgan fingerprint density at radius 3 is 2.94 bits per heavy atom. The first-order chi connectivity index (χ1) is 7.63. The molecule has 0 saturated carbocycles. The van der Waals surface area contributed by atoms with Crippen LogP contribution in [0.4, 0.5) is 0 Å². The van der Waals surface area contributed by atoms with Crippen LogP contribution in [-0.2, 0) is 0 Å². The second-order valence-corrected chi connectivity index (χ2v) is 7.22. The molecule has 16 heavy (non-hydrogen) atoms. The fraction of sp³-hybridized carbons (Fsp3) is 1.00. The molecule has 2 atom stereocenters. The fourth-order valence-electron chi connectivity index (χ4n) is 3.09. The van der Waals surface area contributed by atoms with Crippen LogP contribution < -0.4 is 5.73 Å². The fourth-order valence-corrected chi connectivity index (χ4v) is 4.82. The summed E-state index contributed by atoms with van der Waals surface area (Å²) in [6, 6.07) is 0.778. The molecule has 94 valence electrons. The first kappa shape index (κ1) is 12.7. The minimum atomic E-state index is 0.502. The smallest absolute Gasteiger partial charge is 0.0237 e. The van der Waals surface area contributed by atoms with E-state index >= 15 is 0 Å². The summed E-state index contributed by atoms with van der Waals surface area (Å²) in [4.78, 5) is 2.73. The number of thioether (sulfide) groups is 1. The van der Waals surface area contributed by atoms with Crippen molar-refractivity contribution >= 4 is 11.8 Å². The molecule has 2 unspecified atom stereocenters. The van der Waals surface area contributed by atoms with Crippen LogP contribution in [0.5, 0.6) is 0 Å². The normalized spacial score (nSPS) is 36.2. The molecule has 2 heterocycles. The highest BCUT2D eigenvalue weighted by Crippen LogP contribution is 2.38. The van der Waals surface area contributed by atoms with Gasteiger partial charge in [0, 0.05) is 18.3 Å². The highest BCUT2D eigenvalue weighted by atomic mass is 32.2. The van der Waals surface area contributed by atoms with E-state index in [0.717, 1.165) is 18.5 Å². The van der Waals surface area contributed by atoms with Crippen molar-refractivity contribution in [3.05, 3.63) is 0 Å². The lowest BCUT2D eigenvalue weighted by molar-refractivity contribution is 0.0592. The predicted molar refractivity (Wildman–Crippen MR) is 72.9 cm³/mol. The van der Waals surface area contributed by atoms with Crippen LogP contribution in [0.3, 0.4) is 0 Å². The number of piperidine rings is 1. The summed E-state index contributed by atoms with van der Waals surface area (Å²) >= 11 is 2.13. The number of likely N-dealkylation sites (tertiary alicyclic amines) is 1. The van der Waals surface area contributed by atoms with E-state index < -0.39 is 0 Å². The third-order valence-electron chi connectivity index (χ3n) is 4.39. The maximum absolute atomic E-state index is 5.83. The molecular weight excluding hydrogens is 216 g/mol. The van der Waals surface area contributed by atoms with Crippen molar-refractivity contribution in [2.45, 2.75) is 39.2 Å². The van der Waals surface area contributed by atoms with Gasteiger partial charge in [-0.2, -0.15) is 11.8 Å². The Hall–Kier alpha value is 0.270. The van der Waals surface area contributed by atoms with Crippen molar-refractivity contribution in [3.8, 4) is 0 Å². The van der Waals surface area contributed by atoms with Crippen molar-refractivity contribution < 1.29 is 0 Å². The van der Waals surface area contributed by atoms with E-state index in [-0.39, 0.29) is 0 Å². The number of rotatable bonds is 2. The van der Waals surface area contributed by atoms with E-state index in [1.54, 1.807) is 0 Å². The minimum absolute atomic E-state index is 0.502. The van der Waals surface area contributed by atoms with Crippen LogP contribution in [0, 0.1) is 11.3 Å². The zero-order valence-corrected chi connectivity index (χ0v) is 11.6. The van der Waals surface area contributed by atoms with Crippen molar-refractivity contribution in [1.29, 1.82) is 0 Å². The Morgan fingerprint density at radius 2 is 2.25 bits per heavy atom. The van der Waals surface area contributed by atoms with Gasteiger partial charge in [0.2, 0.25) is 0 Å². The third-order valence-corrected chi connectivity index (χ3v) is 5.44. The molecule has 2 rings (SSSR count). The van der Waals surface area contributed by atoms with Crippen molar-refractivity contribution in [2.24, 2.45) is 17.1 Å². The number of nitrogens with zero attached hydrogens (tertiary/aromatic N) is 1. The lowest BCUT2D eigenvalue weighted by Gasteiger charge is -2.47. The molecular formula is C13H26N2S. The number of hydrogen-bond acceptors (Lipinski definition) is 3. The van der Waals surface area contributed by atoms with Crippen LogP contribution >= 0.6 is 11.8 Å². The summed E-state index contributed by atoms with van der Waals surface area (Å²) in [5.41, 5.74) is 6.33. The van der Waals surface area contributed by atoms with Gasteiger partial charge in [-0.1, -0.05) is 13.8 Å². The molecule has 2 N–H and O–H groups in total. The molecule has 2 aliphatic rings. The molecule has 0 aromatic carbocycles. The van der Waals surface area contributed by atoms with Crippen molar-refractivity contribution in [1.82, 2.24) is 4.90 Å². The monoisotopic (exact) mass is 242 g/mol. The van der Waals surface area contributed by atoms with E-state index in [9.17, 15) is 0 Å². The maximum atomic E-state index is 5.83. The second-order valence-electron chi connectivity index (χ2n) is 6.07. The van der Waals surface area contributed by atoms with Gasteiger partial charge in [0.25, 0.3) is 0 Å². The van der Waals surface area contributed by atoms with E-state index in [4.69, 9.17) is 5.73 Å².